The molecule has 3 nitrogen and oxygen atoms in total. The van der Waals surface area contributed by atoms with E-state index in [1.807, 2.05) is 6.92 Å². The molecule has 3 heteroatoms. The molecule has 0 amide bonds. The van der Waals surface area contributed by atoms with Crippen LogP contribution in [0.4, 0.5) is 0 Å². The molecule has 90 valence electrons. The minimum Gasteiger partial charge on any atom is -0.393 e. The van der Waals surface area contributed by atoms with Gasteiger partial charge in [-0.3, -0.25) is 0 Å². The fourth-order valence-electron chi connectivity index (χ4n) is 2.12. The number of aliphatic hydroxyl groups excluding tert-OH is 1. The zero-order valence-electron chi connectivity index (χ0n) is 10.4. The minimum atomic E-state index is -0.173. The highest BCUT2D eigenvalue weighted by molar-refractivity contribution is 4.78. The molecule has 1 fully saturated rings. The van der Waals surface area contributed by atoms with E-state index in [-0.39, 0.29) is 6.10 Å². The fourth-order valence-corrected chi connectivity index (χ4v) is 2.12. The monoisotopic (exact) mass is 214 g/mol. The van der Waals surface area contributed by atoms with Gasteiger partial charge in [-0.05, 0) is 59.7 Å². The lowest BCUT2D eigenvalue weighted by Gasteiger charge is -2.35. The van der Waals surface area contributed by atoms with E-state index >= 15 is 0 Å². The standard InChI is InChI=1S/C12H26N2O/c1-10(2)14-8-5-12(6-9-14)13-7-4-11(3)15/h10-13,15H,4-9H2,1-3H3. The van der Waals surface area contributed by atoms with E-state index in [2.05, 4.69) is 24.1 Å². The van der Waals surface area contributed by atoms with Gasteiger partial charge in [-0.2, -0.15) is 0 Å². The molecule has 15 heavy (non-hydrogen) atoms. The van der Waals surface area contributed by atoms with Gasteiger partial charge in [0.2, 0.25) is 0 Å². The van der Waals surface area contributed by atoms with E-state index in [0.29, 0.717) is 12.1 Å². The van der Waals surface area contributed by atoms with Crippen LogP contribution in [0, 0.1) is 0 Å². The maximum absolute atomic E-state index is 9.15. The number of nitrogens with zero attached hydrogens (tertiary/aromatic N) is 1. The molecule has 0 aromatic rings. The summed E-state index contributed by atoms with van der Waals surface area (Å²) >= 11 is 0. The average molecular weight is 214 g/mol. The maximum Gasteiger partial charge on any atom is 0.0524 e. The molecule has 0 aliphatic carbocycles. The lowest BCUT2D eigenvalue weighted by molar-refractivity contribution is 0.153. The van der Waals surface area contributed by atoms with Gasteiger partial charge in [0, 0.05) is 12.1 Å². The molecule has 1 aliphatic rings. The van der Waals surface area contributed by atoms with Gasteiger partial charge in [-0.1, -0.05) is 0 Å². The molecule has 0 saturated carbocycles. The smallest absolute Gasteiger partial charge is 0.0524 e. The summed E-state index contributed by atoms with van der Waals surface area (Å²) in [6.07, 6.45) is 3.19. The highest BCUT2D eigenvalue weighted by Crippen LogP contribution is 2.12. The Kier molecular flexibility index (Phi) is 5.58. The van der Waals surface area contributed by atoms with Crippen molar-refractivity contribution in [3.8, 4) is 0 Å². The largest absolute Gasteiger partial charge is 0.393 e. The second-order valence-electron chi connectivity index (χ2n) is 5.00. The summed E-state index contributed by atoms with van der Waals surface area (Å²) in [5.41, 5.74) is 0. The normalized spacial score (nSPS) is 22.2. The van der Waals surface area contributed by atoms with Gasteiger partial charge in [0.15, 0.2) is 0 Å². The summed E-state index contributed by atoms with van der Waals surface area (Å²) < 4.78 is 0. The van der Waals surface area contributed by atoms with Crippen molar-refractivity contribution in [2.24, 2.45) is 0 Å². The molecule has 0 spiro atoms. The number of piperidine rings is 1. The number of hydrogen-bond donors (Lipinski definition) is 2. The van der Waals surface area contributed by atoms with Gasteiger partial charge in [0.05, 0.1) is 6.10 Å². The van der Waals surface area contributed by atoms with Crippen molar-refractivity contribution in [2.75, 3.05) is 19.6 Å². The van der Waals surface area contributed by atoms with E-state index in [1.54, 1.807) is 0 Å². The molecule has 1 atom stereocenters. The third-order valence-corrected chi connectivity index (χ3v) is 3.25. The molecule has 1 heterocycles. The molecule has 1 unspecified atom stereocenters. The van der Waals surface area contributed by atoms with Crippen molar-refractivity contribution < 1.29 is 5.11 Å². The maximum atomic E-state index is 9.15. The highest BCUT2D eigenvalue weighted by atomic mass is 16.3. The third-order valence-electron chi connectivity index (χ3n) is 3.25. The van der Waals surface area contributed by atoms with Crippen LogP contribution in [0.5, 0.6) is 0 Å². The van der Waals surface area contributed by atoms with Crippen LogP contribution >= 0.6 is 0 Å². The quantitative estimate of drug-likeness (QED) is 0.722. The van der Waals surface area contributed by atoms with Gasteiger partial charge >= 0.3 is 0 Å². The number of aliphatic hydroxyl groups is 1. The van der Waals surface area contributed by atoms with Crippen LogP contribution in [0.15, 0.2) is 0 Å². The van der Waals surface area contributed by atoms with Gasteiger partial charge in [-0.25, -0.2) is 0 Å². The molecule has 0 radical (unpaired) electrons. The van der Waals surface area contributed by atoms with Crippen molar-refractivity contribution in [3.63, 3.8) is 0 Å². The third kappa shape index (κ3) is 4.96. The Balaban J connectivity index is 2.09. The van der Waals surface area contributed by atoms with Crippen LogP contribution in [0.1, 0.15) is 40.0 Å². The number of likely N-dealkylation sites (tertiary alicyclic amines) is 1. The lowest BCUT2D eigenvalue weighted by atomic mass is 10.0. The first-order valence-electron chi connectivity index (χ1n) is 6.25. The summed E-state index contributed by atoms with van der Waals surface area (Å²) in [6.45, 7) is 9.75. The summed E-state index contributed by atoms with van der Waals surface area (Å²) in [6, 6.07) is 1.35. The zero-order chi connectivity index (χ0) is 11.3. The van der Waals surface area contributed by atoms with Crippen LogP contribution in [0.2, 0.25) is 0 Å². The van der Waals surface area contributed by atoms with Crippen molar-refractivity contribution in [1.82, 2.24) is 10.2 Å². The second-order valence-corrected chi connectivity index (χ2v) is 5.00. The Morgan fingerprint density at radius 2 is 1.87 bits per heavy atom. The summed E-state index contributed by atoms with van der Waals surface area (Å²) in [5.74, 6) is 0. The van der Waals surface area contributed by atoms with Crippen LogP contribution in [-0.4, -0.2) is 47.8 Å². The van der Waals surface area contributed by atoms with E-state index in [1.165, 1.54) is 25.9 Å². The Morgan fingerprint density at radius 1 is 1.27 bits per heavy atom. The Labute approximate surface area is 93.9 Å². The fraction of sp³-hybridized carbons (Fsp3) is 1.00. The van der Waals surface area contributed by atoms with Crippen molar-refractivity contribution in [1.29, 1.82) is 0 Å². The molecule has 0 aromatic heterocycles. The van der Waals surface area contributed by atoms with Gasteiger partial charge in [-0.15, -0.1) is 0 Å². The van der Waals surface area contributed by atoms with Crippen LogP contribution in [0.3, 0.4) is 0 Å². The predicted molar refractivity (Wildman–Crippen MR) is 64.0 cm³/mol. The zero-order valence-corrected chi connectivity index (χ0v) is 10.4. The van der Waals surface area contributed by atoms with Crippen LogP contribution < -0.4 is 5.32 Å². The summed E-state index contributed by atoms with van der Waals surface area (Å²) in [7, 11) is 0. The van der Waals surface area contributed by atoms with E-state index in [0.717, 1.165) is 13.0 Å². The average Bonchev–Trinajstić information content (AvgIpc) is 2.18. The topological polar surface area (TPSA) is 35.5 Å². The molecule has 2 N–H and O–H groups in total. The SMILES string of the molecule is CC(O)CCNC1CCN(C(C)C)CC1. The van der Waals surface area contributed by atoms with Crippen molar-refractivity contribution in [3.05, 3.63) is 0 Å². The molecule has 1 aliphatic heterocycles. The van der Waals surface area contributed by atoms with Crippen LogP contribution in [-0.2, 0) is 0 Å². The summed E-state index contributed by atoms with van der Waals surface area (Å²) in [4.78, 5) is 2.53. The number of nitrogens with one attached hydrogen (secondary N) is 1. The first-order valence-corrected chi connectivity index (χ1v) is 6.25. The van der Waals surface area contributed by atoms with E-state index in [9.17, 15) is 0 Å². The Hall–Kier alpha value is -0.120. The first kappa shape index (κ1) is 12.9. The van der Waals surface area contributed by atoms with E-state index < -0.39 is 0 Å². The first-order chi connectivity index (χ1) is 7.09. The lowest BCUT2D eigenvalue weighted by Crippen LogP contribution is -2.45. The van der Waals surface area contributed by atoms with Crippen molar-refractivity contribution in [2.45, 2.75) is 58.2 Å². The molecule has 1 saturated heterocycles. The molecule has 0 bridgehead atoms. The van der Waals surface area contributed by atoms with Crippen LogP contribution in [0.25, 0.3) is 0 Å². The minimum absolute atomic E-state index is 0.173. The molecule has 0 aromatic carbocycles. The van der Waals surface area contributed by atoms with Crippen molar-refractivity contribution >= 4 is 0 Å². The Bertz CT molecular complexity index is 160. The number of rotatable bonds is 5. The molecular weight excluding hydrogens is 188 g/mol. The second kappa shape index (κ2) is 6.46. The van der Waals surface area contributed by atoms with Gasteiger partial charge < -0.3 is 15.3 Å². The highest BCUT2D eigenvalue weighted by Gasteiger charge is 2.19. The summed E-state index contributed by atoms with van der Waals surface area (Å²) in [5, 5.41) is 12.7. The van der Waals surface area contributed by atoms with Gasteiger partial charge in [0.25, 0.3) is 0 Å². The number of hydrogen-bond acceptors (Lipinski definition) is 3. The molecule has 1 rings (SSSR count). The predicted octanol–water partition coefficient (Wildman–Crippen LogP) is 1.22. The van der Waals surface area contributed by atoms with E-state index in [4.69, 9.17) is 5.11 Å². The molecular formula is C12H26N2O. The Morgan fingerprint density at radius 3 is 2.33 bits per heavy atom. The van der Waals surface area contributed by atoms with Gasteiger partial charge in [0.1, 0.15) is 0 Å².